The van der Waals surface area contributed by atoms with Crippen molar-refractivity contribution in [3.05, 3.63) is 46.8 Å². The molecular formula is C13H9FN2O2. The molecular weight excluding hydrogens is 235 g/mol. The van der Waals surface area contributed by atoms with Crippen LogP contribution in [0.1, 0.15) is 18.1 Å². The Bertz CT molecular complexity index is 614. The van der Waals surface area contributed by atoms with Gasteiger partial charge in [-0.25, -0.2) is 4.39 Å². The third kappa shape index (κ3) is 2.00. The highest BCUT2D eigenvalue weighted by Crippen LogP contribution is 2.18. The fourth-order valence-electron chi connectivity index (χ4n) is 1.70. The Morgan fingerprint density at radius 3 is 2.61 bits per heavy atom. The smallest absolute Gasteiger partial charge is 0.256 e. The Morgan fingerprint density at radius 1 is 1.39 bits per heavy atom. The molecule has 0 atom stereocenters. The van der Waals surface area contributed by atoms with E-state index in [2.05, 4.69) is 0 Å². The van der Waals surface area contributed by atoms with E-state index in [-0.39, 0.29) is 17.7 Å². The van der Waals surface area contributed by atoms with Crippen molar-refractivity contribution in [2.45, 2.75) is 13.5 Å². The number of amides is 2. The van der Waals surface area contributed by atoms with E-state index >= 15 is 0 Å². The number of benzene rings is 1. The second-order valence-corrected chi connectivity index (χ2v) is 3.97. The highest BCUT2D eigenvalue weighted by Gasteiger charge is 2.28. The summed E-state index contributed by atoms with van der Waals surface area (Å²) in [6.07, 6.45) is 1.23. The van der Waals surface area contributed by atoms with Crippen LogP contribution in [0, 0.1) is 17.1 Å². The van der Waals surface area contributed by atoms with Crippen molar-refractivity contribution in [1.82, 2.24) is 4.90 Å². The van der Waals surface area contributed by atoms with E-state index < -0.39 is 17.6 Å². The molecule has 2 amide bonds. The molecule has 5 heteroatoms. The molecule has 90 valence electrons. The molecule has 0 bridgehead atoms. The number of imide groups is 1. The first-order valence-corrected chi connectivity index (χ1v) is 5.25. The quantitative estimate of drug-likeness (QED) is 0.741. The molecule has 0 unspecified atom stereocenters. The van der Waals surface area contributed by atoms with Gasteiger partial charge in [0, 0.05) is 17.2 Å². The number of hydrogen-bond donors (Lipinski definition) is 0. The Labute approximate surface area is 103 Å². The van der Waals surface area contributed by atoms with Crippen LogP contribution in [0.25, 0.3) is 0 Å². The zero-order valence-electron chi connectivity index (χ0n) is 9.61. The maximum atomic E-state index is 13.6. The Hall–Kier alpha value is -2.48. The summed E-state index contributed by atoms with van der Waals surface area (Å²) in [6.45, 7) is 1.42. The lowest BCUT2D eigenvalue weighted by molar-refractivity contribution is -0.137. The number of hydrogen-bond acceptors (Lipinski definition) is 3. The molecule has 0 saturated carbocycles. The molecule has 0 radical (unpaired) electrons. The Morgan fingerprint density at radius 2 is 2.11 bits per heavy atom. The molecule has 0 aromatic heterocycles. The summed E-state index contributed by atoms with van der Waals surface area (Å²) in [4.78, 5) is 24.1. The van der Waals surface area contributed by atoms with Gasteiger partial charge in [0.1, 0.15) is 5.82 Å². The fourth-order valence-corrected chi connectivity index (χ4v) is 1.70. The minimum atomic E-state index is -0.598. The third-order valence-corrected chi connectivity index (χ3v) is 2.70. The minimum absolute atomic E-state index is 0.122. The number of nitriles is 1. The monoisotopic (exact) mass is 244 g/mol. The normalized spacial score (nSPS) is 14.7. The van der Waals surface area contributed by atoms with Crippen molar-refractivity contribution in [3.63, 3.8) is 0 Å². The van der Waals surface area contributed by atoms with Crippen LogP contribution in [-0.4, -0.2) is 16.7 Å². The molecule has 0 fully saturated rings. The molecule has 0 spiro atoms. The van der Waals surface area contributed by atoms with Gasteiger partial charge in [-0.3, -0.25) is 14.5 Å². The van der Waals surface area contributed by atoms with E-state index in [1.807, 2.05) is 6.07 Å². The van der Waals surface area contributed by atoms with Crippen molar-refractivity contribution < 1.29 is 14.0 Å². The summed E-state index contributed by atoms with van der Waals surface area (Å²) < 4.78 is 13.6. The first-order chi connectivity index (χ1) is 8.52. The molecule has 1 heterocycles. The molecule has 1 aromatic rings. The predicted octanol–water partition coefficient (Wildman–Crippen LogP) is 1.51. The van der Waals surface area contributed by atoms with Gasteiger partial charge in [0.2, 0.25) is 0 Å². The van der Waals surface area contributed by atoms with Crippen molar-refractivity contribution in [2.75, 3.05) is 0 Å². The maximum Gasteiger partial charge on any atom is 0.256 e. The molecule has 0 aliphatic carbocycles. The van der Waals surface area contributed by atoms with E-state index in [4.69, 9.17) is 5.26 Å². The average molecular weight is 244 g/mol. The van der Waals surface area contributed by atoms with Gasteiger partial charge in [-0.15, -0.1) is 0 Å². The molecule has 18 heavy (non-hydrogen) atoms. The molecule has 1 aliphatic rings. The topological polar surface area (TPSA) is 61.2 Å². The van der Waals surface area contributed by atoms with Gasteiger partial charge in [-0.1, -0.05) is 6.07 Å². The number of rotatable bonds is 2. The van der Waals surface area contributed by atoms with E-state index in [1.54, 1.807) is 0 Å². The summed E-state index contributed by atoms with van der Waals surface area (Å²) >= 11 is 0. The summed E-state index contributed by atoms with van der Waals surface area (Å²) in [5.41, 5.74) is 0.748. The summed E-state index contributed by atoms with van der Waals surface area (Å²) in [6, 6.07) is 5.75. The third-order valence-electron chi connectivity index (χ3n) is 2.70. The molecule has 1 aliphatic heterocycles. The number of halogens is 1. The van der Waals surface area contributed by atoms with E-state index in [9.17, 15) is 14.0 Å². The lowest BCUT2D eigenvalue weighted by Gasteiger charge is -2.14. The average Bonchev–Trinajstić information content (AvgIpc) is 2.58. The van der Waals surface area contributed by atoms with Crippen molar-refractivity contribution in [3.8, 4) is 6.07 Å². The van der Waals surface area contributed by atoms with Gasteiger partial charge in [-0.05, 0) is 19.1 Å². The highest BCUT2D eigenvalue weighted by molar-refractivity contribution is 6.15. The standard InChI is InChI=1S/C13H9FN2O2/c1-8-4-12(17)16(13(8)18)7-10-3-2-9(6-15)5-11(10)14/h2-5H,7H2,1H3. The Kier molecular flexibility index (Phi) is 2.94. The Balaban J connectivity index is 2.24. The summed E-state index contributed by atoms with van der Waals surface area (Å²) in [5, 5.41) is 8.61. The van der Waals surface area contributed by atoms with Gasteiger partial charge in [0.15, 0.2) is 0 Å². The van der Waals surface area contributed by atoms with Crippen molar-refractivity contribution >= 4 is 11.8 Å². The highest BCUT2D eigenvalue weighted by atomic mass is 19.1. The second kappa shape index (κ2) is 4.41. The van der Waals surface area contributed by atoms with Crippen LogP contribution in [-0.2, 0) is 16.1 Å². The van der Waals surface area contributed by atoms with Crippen molar-refractivity contribution in [2.24, 2.45) is 0 Å². The molecule has 0 N–H and O–H groups in total. The number of carbonyl (C=O) groups excluding carboxylic acids is 2. The van der Waals surface area contributed by atoms with E-state index in [1.165, 1.54) is 25.1 Å². The van der Waals surface area contributed by atoms with Crippen LogP contribution in [0.5, 0.6) is 0 Å². The van der Waals surface area contributed by atoms with Crippen LogP contribution >= 0.6 is 0 Å². The van der Waals surface area contributed by atoms with E-state index in [0.717, 1.165) is 11.0 Å². The van der Waals surface area contributed by atoms with Crippen LogP contribution < -0.4 is 0 Å². The van der Waals surface area contributed by atoms with E-state index in [0.29, 0.717) is 5.57 Å². The van der Waals surface area contributed by atoms with Crippen LogP contribution in [0.4, 0.5) is 4.39 Å². The lowest BCUT2D eigenvalue weighted by Crippen LogP contribution is -2.30. The maximum absolute atomic E-state index is 13.6. The second-order valence-electron chi connectivity index (χ2n) is 3.97. The van der Waals surface area contributed by atoms with Crippen LogP contribution in [0.15, 0.2) is 29.8 Å². The zero-order valence-corrected chi connectivity index (χ0v) is 9.61. The molecule has 4 nitrogen and oxygen atoms in total. The number of nitrogens with zero attached hydrogens (tertiary/aromatic N) is 2. The minimum Gasteiger partial charge on any atom is -0.271 e. The van der Waals surface area contributed by atoms with Gasteiger partial charge in [-0.2, -0.15) is 5.26 Å². The molecule has 1 aromatic carbocycles. The molecule has 2 rings (SSSR count). The predicted molar refractivity (Wildman–Crippen MR) is 60.4 cm³/mol. The van der Waals surface area contributed by atoms with Gasteiger partial charge in [0.05, 0.1) is 18.2 Å². The summed E-state index contributed by atoms with van der Waals surface area (Å²) in [5.74, 6) is -1.45. The first-order valence-electron chi connectivity index (χ1n) is 5.25. The van der Waals surface area contributed by atoms with Crippen LogP contribution in [0.2, 0.25) is 0 Å². The van der Waals surface area contributed by atoms with Gasteiger partial charge >= 0.3 is 0 Å². The SMILES string of the molecule is CC1=CC(=O)N(Cc2ccc(C#N)cc2F)C1=O. The van der Waals surface area contributed by atoms with Crippen LogP contribution in [0.3, 0.4) is 0 Å². The number of carbonyl (C=O) groups is 2. The zero-order chi connectivity index (χ0) is 13.3. The fraction of sp³-hybridized carbons (Fsp3) is 0.154. The lowest BCUT2D eigenvalue weighted by atomic mass is 10.1. The van der Waals surface area contributed by atoms with Crippen molar-refractivity contribution in [1.29, 1.82) is 5.26 Å². The molecule has 0 saturated heterocycles. The largest absolute Gasteiger partial charge is 0.271 e. The van der Waals surface area contributed by atoms with Gasteiger partial charge < -0.3 is 0 Å². The van der Waals surface area contributed by atoms with Gasteiger partial charge in [0.25, 0.3) is 11.8 Å². The first kappa shape index (κ1) is 12.0. The summed E-state index contributed by atoms with van der Waals surface area (Å²) in [7, 11) is 0.